The zero-order valence-electron chi connectivity index (χ0n) is 10.4. The quantitative estimate of drug-likeness (QED) is 0.688. The van der Waals surface area contributed by atoms with Crippen LogP contribution in [0.5, 0.6) is 0 Å². The fourth-order valence-electron chi connectivity index (χ4n) is 2.12. The maximum absolute atomic E-state index is 11.4. The van der Waals surface area contributed by atoms with Crippen LogP contribution >= 0.6 is 0 Å². The summed E-state index contributed by atoms with van der Waals surface area (Å²) in [6.07, 6.45) is 0. The molecule has 2 aromatic carbocycles. The summed E-state index contributed by atoms with van der Waals surface area (Å²) in [4.78, 5) is 11.4. The summed E-state index contributed by atoms with van der Waals surface area (Å²) in [5.74, 6) is 0.124. The Kier molecular flexibility index (Phi) is 4.43. The highest BCUT2D eigenvalue weighted by atomic mass is 16.1. The van der Waals surface area contributed by atoms with Crippen LogP contribution in [0, 0.1) is 13.8 Å². The van der Waals surface area contributed by atoms with Crippen LogP contribution in [0.15, 0.2) is 42.5 Å². The number of hydrogen-bond donors (Lipinski definition) is 0. The first-order valence-corrected chi connectivity index (χ1v) is 5.77. The predicted molar refractivity (Wildman–Crippen MR) is 78.1 cm³/mol. The summed E-state index contributed by atoms with van der Waals surface area (Å²) < 4.78 is 0. The summed E-state index contributed by atoms with van der Waals surface area (Å²) in [7, 11) is 0. The fraction of sp³-hybridized carbons (Fsp3) is 0.235. The van der Waals surface area contributed by atoms with E-state index in [9.17, 15) is 4.79 Å². The molecule has 0 spiro atoms. The third-order valence-corrected chi connectivity index (χ3v) is 3.06. The lowest BCUT2D eigenvalue weighted by molar-refractivity contribution is 0.101. The second-order valence-electron chi connectivity index (χ2n) is 4.40. The molecule has 0 N–H and O–H groups in total. The van der Waals surface area contributed by atoms with Gasteiger partial charge in [0.15, 0.2) is 5.78 Å². The van der Waals surface area contributed by atoms with Gasteiger partial charge in [-0.15, -0.1) is 0 Å². The number of carbonyl (C=O) groups excluding carboxylic acids is 1. The molecule has 0 heterocycles. The van der Waals surface area contributed by atoms with E-state index in [4.69, 9.17) is 0 Å². The number of ketones is 1. The van der Waals surface area contributed by atoms with Crippen molar-refractivity contribution in [2.24, 2.45) is 0 Å². The van der Waals surface area contributed by atoms with E-state index in [1.54, 1.807) is 6.92 Å². The van der Waals surface area contributed by atoms with Crippen LogP contribution in [0.1, 0.15) is 35.8 Å². The molecule has 0 amide bonds. The largest absolute Gasteiger partial charge is 0.295 e. The lowest BCUT2D eigenvalue weighted by atomic mass is 9.96. The molecule has 0 atom stereocenters. The highest BCUT2D eigenvalue weighted by Crippen LogP contribution is 2.25. The second kappa shape index (κ2) is 5.63. The van der Waals surface area contributed by atoms with Gasteiger partial charge in [0.1, 0.15) is 0 Å². The highest BCUT2D eigenvalue weighted by molar-refractivity contribution is 5.96. The van der Waals surface area contributed by atoms with Crippen molar-refractivity contribution in [3.05, 3.63) is 59.2 Å². The fourth-order valence-corrected chi connectivity index (χ4v) is 2.12. The Labute approximate surface area is 109 Å². The lowest BCUT2D eigenvalue weighted by Gasteiger charge is -2.08. The maximum atomic E-state index is 11.4. The Morgan fingerprint density at radius 2 is 1.61 bits per heavy atom. The van der Waals surface area contributed by atoms with Gasteiger partial charge in [0, 0.05) is 5.56 Å². The van der Waals surface area contributed by atoms with Crippen molar-refractivity contribution in [1.82, 2.24) is 0 Å². The Bertz CT molecular complexity index is 568. The van der Waals surface area contributed by atoms with Crippen LogP contribution in [0.4, 0.5) is 0 Å². The number of hydrogen-bond acceptors (Lipinski definition) is 1. The van der Waals surface area contributed by atoms with Crippen LogP contribution in [0.3, 0.4) is 0 Å². The third kappa shape index (κ3) is 2.67. The molecule has 18 heavy (non-hydrogen) atoms. The minimum Gasteiger partial charge on any atom is -0.295 e. The monoisotopic (exact) mass is 240 g/mol. The van der Waals surface area contributed by atoms with Crippen molar-refractivity contribution in [3.63, 3.8) is 0 Å². The second-order valence-corrected chi connectivity index (χ2v) is 4.40. The molecule has 0 radical (unpaired) electrons. The van der Waals surface area contributed by atoms with Crippen molar-refractivity contribution in [2.75, 3.05) is 0 Å². The molecule has 2 aromatic rings. The molecule has 0 aliphatic heterocycles. The Morgan fingerprint density at radius 1 is 0.944 bits per heavy atom. The van der Waals surface area contributed by atoms with Crippen LogP contribution in [0.25, 0.3) is 11.1 Å². The van der Waals surface area contributed by atoms with E-state index in [0.717, 1.165) is 11.1 Å². The summed E-state index contributed by atoms with van der Waals surface area (Å²) in [6, 6.07) is 14.3. The molecule has 0 bridgehead atoms. The van der Waals surface area contributed by atoms with Crippen molar-refractivity contribution in [2.45, 2.75) is 28.2 Å². The van der Waals surface area contributed by atoms with E-state index < -0.39 is 0 Å². The normalized spacial score (nSPS) is 9.72. The van der Waals surface area contributed by atoms with E-state index in [2.05, 4.69) is 25.1 Å². The standard InChI is InChI=1S/C16H16O.CH4/c1-11-6-4-5-7-16(11)14-8-9-15(13(3)17)12(2)10-14;/h4-10H,1-3H3;1H4. The maximum Gasteiger partial charge on any atom is 0.160 e. The number of carbonyl (C=O) groups is 1. The van der Waals surface area contributed by atoms with Gasteiger partial charge in [-0.25, -0.2) is 0 Å². The molecule has 0 aromatic heterocycles. The van der Waals surface area contributed by atoms with E-state index in [-0.39, 0.29) is 13.2 Å². The van der Waals surface area contributed by atoms with Gasteiger partial charge in [0.05, 0.1) is 0 Å². The molecule has 0 unspecified atom stereocenters. The van der Waals surface area contributed by atoms with Gasteiger partial charge >= 0.3 is 0 Å². The van der Waals surface area contributed by atoms with Gasteiger partial charge in [0.2, 0.25) is 0 Å². The molecule has 0 saturated carbocycles. The van der Waals surface area contributed by atoms with Gasteiger partial charge in [-0.3, -0.25) is 4.79 Å². The first-order valence-electron chi connectivity index (χ1n) is 5.77. The molecule has 94 valence electrons. The van der Waals surface area contributed by atoms with E-state index in [1.807, 2.05) is 31.2 Å². The Morgan fingerprint density at radius 3 is 2.17 bits per heavy atom. The summed E-state index contributed by atoms with van der Waals surface area (Å²) in [6.45, 7) is 5.69. The molecular formula is C17H20O. The number of benzene rings is 2. The molecule has 2 rings (SSSR count). The zero-order valence-corrected chi connectivity index (χ0v) is 10.4. The zero-order chi connectivity index (χ0) is 12.4. The van der Waals surface area contributed by atoms with E-state index in [0.29, 0.717) is 0 Å². The number of rotatable bonds is 2. The summed E-state index contributed by atoms with van der Waals surface area (Å²) in [5, 5.41) is 0. The molecule has 1 heteroatoms. The first kappa shape index (κ1) is 14.2. The smallest absolute Gasteiger partial charge is 0.160 e. The molecule has 1 nitrogen and oxygen atoms in total. The van der Waals surface area contributed by atoms with Gasteiger partial charge in [0.25, 0.3) is 0 Å². The minimum atomic E-state index is 0. The van der Waals surface area contributed by atoms with Gasteiger partial charge in [-0.2, -0.15) is 0 Å². The lowest BCUT2D eigenvalue weighted by Crippen LogP contribution is -1.96. The number of Topliss-reactive ketones (excluding diaryl/α,β-unsaturated/α-hetero) is 1. The van der Waals surface area contributed by atoms with Crippen molar-refractivity contribution < 1.29 is 4.79 Å². The molecule has 0 aliphatic rings. The van der Waals surface area contributed by atoms with Crippen molar-refractivity contribution in [3.8, 4) is 11.1 Å². The SMILES string of the molecule is C.CC(=O)c1ccc(-c2ccccc2C)cc1C. The van der Waals surface area contributed by atoms with Crippen molar-refractivity contribution >= 4 is 5.78 Å². The van der Waals surface area contributed by atoms with Crippen molar-refractivity contribution in [1.29, 1.82) is 0 Å². The van der Waals surface area contributed by atoms with Gasteiger partial charge < -0.3 is 0 Å². The Hall–Kier alpha value is -1.89. The van der Waals surface area contributed by atoms with Crippen LogP contribution in [-0.2, 0) is 0 Å². The van der Waals surface area contributed by atoms with Crippen LogP contribution in [0.2, 0.25) is 0 Å². The topological polar surface area (TPSA) is 17.1 Å². The highest BCUT2D eigenvalue weighted by Gasteiger charge is 2.06. The first-order chi connectivity index (χ1) is 8.09. The van der Waals surface area contributed by atoms with Crippen LogP contribution < -0.4 is 0 Å². The summed E-state index contributed by atoms with van der Waals surface area (Å²) in [5.41, 5.74) is 5.50. The molecule has 0 saturated heterocycles. The molecule has 0 aliphatic carbocycles. The van der Waals surface area contributed by atoms with Crippen LogP contribution in [-0.4, -0.2) is 5.78 Å². The minimum absolute atomic E-state index is 0. The van der Waals surface area contributed by atoms with E-state index in [1.165, 1.54) is 16.7 Å². The van der Waals surface area contributed by atoms with Gasteiger partial charge in [-0.1, -0.05) is 49.9 Å². The van der Waals surface area contributed by atoms with E-state index >= 15 is 0 Å². The molecule has 0 fully saturated rings. The third-order valence-electron chi connectivity index (χ3n) is 3.06. The average molecular weight is 240 g/mol. The number of aryl methyl sites for hydroxylation is 2. The predicted octanol–water partition coefficient (Wildman–Crippen LogP) is 4.81. The molecular weight excluding hydrogens is 220 g/mol. The average Bonchev–Trinajstić information content (AvgIpc) is 2.29. The van der Waals surface area contributed by atoms with Gasteiger partial charge in [-0.05, 0) is 43.0 Å². The Balaban J connectivity index is 0.00000162. The summed E-state index contributed by atoms with van der Waals surface area (Å²) >= 11 is 0.